The Morgan fingerprint density at radius 1 is 1.30 bits per heavy atom. The minimum atomic E-state index is -1.17. The lowest BCUT2D eigenvalue weighted by molar-refractivity contribution is 0.0691. The van der Waals surface area contributed by atoms with Gasteiger partial charge in [-0.25, -0.2) is 19.7 Å². The van der Waals surface area contributed by atoms with Crippen molar-refractivity contribution < 1.29 is 9.90 Å². The summed E-state index contributed by atoms with van der Waals surface area (Å²) in [5.41, 5.74) is 3.66. The molecule has 2 N–H and O–H groups in total. The Kier molecular flexibility index (Phi) is 5.14. The minimum Gasteiger partial charge on any atom is -0.476 e. The van der Waals surface area contributed by atoms with Gasteiger partial charge in [-0.15, -0.1) is 0 Å². The van der Waals surface area contributed by atoms with Crippen LogP contribution in [-0.4, -0.2) is 39.1 Å². The van der Waals surface area contributed by atoms with Crippen LogP contribution in [0.25, 0.3) is 11.0 Å². The fourth-order valence-corrected chi connectivity index (χ4v) is 3.65. The minimum absolute atomic E-state index is 0.112. The molecule has 0 unspecified atom stereocenters. The van der Waals surface area contributed by atoms with Gasteiger partial charge in [0.2, 0.25) is 0 Å². The van der Waals surface area contributed by atoms with E-state index < -0.39 is 5.97 Å². The van der Waals surface area contributed by atoms with Crippen molar-refractivity contribution in [1.29, 1.82) is 5.26 Å². The molecule has 2 aromatic heterocycles. The Bertz CT molecular complexity index is 1200. The number of nitriles is 1. The number of anilines is 2. The predicted octanol–water partition coefficient (Wildman–Crippen LogP) is 3.94. The first kappa shape index (κ1) is 19.9. The Hall–Kier alpha value is -3.44. The molecule has 3 heterocycles. The number of nitrogens with one attached hydrogen (secondary N) is 1. The normalized spacial score (nSPS) is 14.1. The Morgan fingerprint density at radius 2 is 2.07 bits per heavy atom. The zero-order valence-electron chi connectivity index (χ0n) is 16.5. The first-order chi connectivity index (χ1) is 14.4. The number of carboxylic acid groups (broad SMARTS) is 1. The van der Waals surface area contributed by atoms with Gasteiger partial charge in [0.15, 0.2) is 17.2 Å². The quantitative estimate of drug-likeness (QED) is 0.594. The molecule has 0 spiro atoms. The Labute approximate surface area is 178 Å². The van der Waals surface area contributed by atoms with Crippen molar-refractivity contribution in [2.75, 3.05) is 23.3 Å². The molecule has 0 bridgehead atoms. The van der Waals surface area contributed by atoms with Gasteiger partial charge in [-0.1, -0.05) is 17.7 Å². The zero-order valence-corrected chi connectivity index (χ0v) is 17.2. The topological polar surface area (TPSA) is 115 Å². The maximum Gasteiger partial charge on any atom is 0.356 e. The van der Waals surface area contributed by atoms with Gasteiger partial charge in [0.05, 0.1) is 22.8 Å². The van der Waals surface area contributed by atoms with E-state index in [1.54, 1.807) is 12.1 Å². The molecule has 0 aliphatic carbocycles. The monoisotopic (exact) mass is 422 g/mol. The summed E-state index contributed by atoms with van der Waals surface area (Å²) < 4.78 is 0. The van der Waals surface area contributed by atoms with Crippen molar-refractivity contribution in [2.24, 2.45) is 0 Å². The lowest BCUT2D eigenvalue weighted by Crippen LogP contribution is -2.38. The van der Waals surface area contributed by atoms with E-state index in [0.717, 1.165) is 30.6 Å². The number of fused-ring (bicyclic) bond motifs is 1. The molecule has 4 rings (SSSR count). The Morgan fingerprint density at radius 3 is 2.70 bits per heavy atom. The summed E-state index contributed by atoms with van der Waals surface area (Å²) in [6, 6.07) is 8.88. The number of rotatable bonds is 5. The second-order valence-electron chi connectivity index (χ2n) is 7.27. The van der Waals surface area contributed by atoms with Gasteiger partial charge < -0.3 is 15.3 Å². The number of halogens is 1. The molecule has 3 aromatic rings. The van der Waals surface area contributed by atoms with E-state index in [1.165, 1.54) is 0 Å². The smallest absolute Gasteiger partial charge is 0.356 e. The summed E-state index contributed by atoms with van der Waals surface area (Å²) in [5, 5.41) is 22.3. The summed E-state index contributed by atoms with van der Waals surface area (Å²) in [6.45, 7) is 5.56. The number of aryl methyl sites for hydroxylation is 1. The zero-order chi connectivity index (χ0) is 21.4. The van der Waals surface area contributed by atoms with E-state index in [-0.39, 0.29) is 16.9 Å². The lowest BCUT2D eigenvalue weighted by Gasteiger charge is -2.32. The van der Waals surface area contributed by atoms with Gasteiger partial charge in [0.25, 0.3) is 0 Å². The SMILES string of the molecule is Cc1cc([C@@H](C)Nc2ccc(Cl)nc2C(=O)O)c2nc(N3CCC3)c(C#N)nc2c1. The molecule has 30 heavy (non-hydrogen) atoms. The molecule has 1 aliphatic rings. The molecule has 0 radical (unpaired) electrons. The van der Waals surface area contributed by atoms with Crippen LogP contribution in [0, 0.1) is 18.3 Å². The molecule has 9 heteroatoms. The van der Waals surface area contributed by atoms with Crippen molar-refractivity contribution in [3.05, 3.63) is 51.9 Å². The van der Waals surface area contributed by atoms with Gasteiger partial charge >= 0.3 is 5.97 Å². The number of hydrogen-bond acceptors (Lipinski definition) is 7. The van der Waals surface area contributed by atoms with Crippen LogP contribution in [-0.2, 0) is 0 Å². The van der Waals surface area contributed by atoms with E-state index in [0.29, 0.717) is 28.2 Å². The number of benzene rings is 1. The molecular weight excluding hydrogens is 404 g/mol. The maximum atomic E-state index is 11.6. The third kappa shape index (κ3) is 3.60. The summed E-state index contributed by atoms with van der Waals surface area (Å²) in [7, 11) is 0. The van der Waals surface area contributed by atoms with Crippen molar-refractivity contribution in [2.45, 2.75) is 26.3 Å². The van der Waals surface area contributed by atoms with E-state index in [4.69, 9.17) is 16.6 Å². The van der Waals surface area contributed by atoms with Crippen LogP contribution in [0.5, 0.6) is 0 Å². The third-order valence-electron chi connectivity index (χ3n) is 5.09. The van der Waals surface area contributed by atoms with Crippen LogP contribution in [0.2, 0.25) is 5.15 Å². The number of aromatic nitrogens is 3. The summed E-state index contributed by atoms with van der Waals surface area (Å²) in [6.07, 6.45) is 1.06. The van der Waals surface area contributed by atoms with E-state index >= 15 is 0 Å². The van der Waals surface area contributed by atoms with Crippen molar-refractivity contribution in [3.63, 3.8) is 0 Å². The highest BCUT2D eigenvalue weighted by molar-refractivity contribution is 6.29. The van der Waals surface area contributed by atoms with Gasteiger partial charge in [-0.05, 0) is 44.0 Å². The van der Waals surface area contributed by atoms with Gasteiger partial charge in [-0.2, -0.15) is 5.26 Å². The van der Waals surface area contributed by atoms with Crippen LogP contribution in [0.4, 0.5) is 11.5 Å². The predicted molar refractivity (Wildman–Crippen MR) is 114 cm³/mol. The van der Waals surface area contributed by atoms with E-state index in [2.05, 4.69) is 21.4 Å². The van der Waals surface area contributed by atoms with Gasteiger partial charge in [0.1, 0.15) is 11.2 Å². The third-order valence-corrected chi connectivity index (χ3v) is 5.30. The highest BCUT2D eigenvalue weighted by Crippen LogP contribution is 2.31. The second-order valence-corrected chi connectivity index (χ2v) is 7.66. The molecule has 1 aromatic carbocycles. The molecule has 0 amide bonds. The fourth-order valence-electron chi connectivity index (χ4n) is 3.50. The molecule has 1 atom stereocenters. The van der Waals surface area contributed by atoms with E-state index in [1.807, 2.05) is 30.9 Å². The van der Waals surface area contributed by atoms with Gasteiger partial charge in [0, 0.05) is 18.7 Å². The maximum absolute atomic E-state index is 11.6. The molecular formula is C21H19ClN6O2. The highest BCUT2D eigenvalue weighted by Gasteiger charge is 2.23. The van der Waals surface area contributed by atoms with E-state index in [9.17, 15) is 15.2 Å². The number of nitrogens with zero attached hydrogens (tertiary/aromatic N) is 5. The molecule has 1 saturated heterocycles. The van der Waals surface area contributed by atoms with Crippen molar-refractivity contribution in [3.8, 4) is 6.07 Å². The standard InChI is InChI=1S/C21H19ClN6O2/c1-11-8-13(12(2)24-14-4-5-17(22)26-19(14)21(29)30)18-15(9-11)25-16(10-23)20(27-18)28-6-3-7-28/h4-5,8-9,12,24H,3,6-7H2,1-2H3,(H,29,30)/t12-/m1/s1. The highest BCUT2D eigenvalue weighted by atomic mass is 35.5. The summed E-state index contributed by atoms with van der Waals surface area (Å²) >= 11 is 5.86. The first-order valence-corrected chi connectivity index (χ1v) is 9.89. The number of aromatic carboxylic acids is 1. The second kappa shape index (κ2) is 7.76. The molecule has 152 valence electrons. The lowest BCUT2D eigenvalue weighted by atomic mass is 10.0. The van der Waals surface area contributed by atoms with Crippen LogP contribution in [0.15, 0.2) is 24.3 Å². The first-order valence-electron chi connectivity index (χ1n) is 9.51. The number of carboxylic acids is 1. The average molecular weight is 423 g/mol. The molecule has 1 aliphatic heterocycles. The summed E-state index contributed by atoms with van der Waals surface area (Å²) in [5.74, 6) is -0.576. The van der Waals surface area contributed by atoms with Crippen LogP contribution in [0.1, 0.15) is 46.7 Å². The van der Waals surface area contributed by atoms with Gasteiger partial charge in [-0.3, -0.25) is 0 Å². The van der Waals surface area contributed by atoms with Crippen LogP contribution >= 0.6 is 11.6 Å². The van der Waals surface area contributed by atoms with Crippen molar-refractivity contribution in [1.82, 2.24) is 15.0 Å². The summed E-state index contributed by atoms with van der Waals surface area (Å²) in [4.78, 5) is 26.9. The molecule has 8 nitrogen and oxygen atoms in total. The largest absolute Gasteiger partial charge is 0.476 e. The van der Waals surface area contributed by atoms with Crippen LogP contribution in [0.3, 0.4) is 0 Å². The van der Waals surface area contributed by atoms with Crippen LogP contribution < -0.4 is 10.2 Å². The number of hydrogen-bond donors (Lipinski definition) is 2. The molecule has 1 fully saturated rings. The Balaban J connectivity index is 1.80. The molecule has 0 saturated carbocycles. The number of carbonyl (C=O) groups is 1. The number of pyridine rings is 1. The average Bonchev–Trinajstić information content (AvgIpc) is 2.66. The van der Waals surface area contributed by atoms with Crippen molar-refractivity contribution >= 4 is 40.1 Å². The fraction of sp³-hybridized carbons (Fsp3) is 0.286.